The second kappa shape index (κ2) is 5.66. The summed E-state index contributed by atoms with van der Waals surface area (Å²) in [5.74, 6) is 0.132. The van der Waals surface area contributed by atoms with Crippen LogP contribution in [0.25, 0.3) is 27.6 Å². The van der Waals surface area contributed by atoms with E-state index in [4.69, 9.17) is 0 Å². The van der Waals surface area contributed by atoms with E-state index in [1.54, 1.807) is 12.3 Å². The van der Waals surface area contributed by atoms with Gasteiger partial charge in [-0.25, -0.2) is 0 Å². The zero-order valence-corrected chi connectivity index (χ0v) is 12.8. The van der Waals surface area contributed by atoms with Gasteiger partial charge in [0.25, 0.3) is 5.56 Å². The highest BCUT2D eigenvalue weighted by Gasteiger charge is 2.11. The highest BCUT2D eigenvalue weighted by atomic mass is 16.3. The molecule has 0 fully saturated rings. The van der Waals surface area contributed by atoms with Gasteiger partial charge in [-0.3, -0.25) is 4.79 Å². The molecule has 4 nitrogen and oxygen atoms in total. The van der Waals surface area contributed by atoms with Crippen LogP contribution < -0.4 is 5.56 Å². The summed E-state index contributed by atoms with van der Waals surface area (Å²) in [5.41, 5.74) is 1.68. The van der Waals surface area contributed by atoms with Crippen molar-refractivity contribution in [3.05, 3.63) is 89.3 Å². The molecule has 4 aromatic rings. The molecule has 0 amide bonds. The van der Waals surface area contributed by atoms with Crippen LogP contribution in [0.4, 0.5) is 0 Å². The van der Waals surface area contributed by atoms with E-state index in [0.717, 1.165) is 10.8 Å². The topological polar surface area (TPSA) is 55.1 Å². The first-order valence-corrected chi connectivity index (χ1v) is 7.60. The van der Waals surface area contributed by atoms with E-state index < -0.39 is 0 Å². The molecule has 1 heterocycles. The molecule has 0 aliphatic carbocycles. The SMILES string of the molecule is O=c1cc(-c2c(O)ccc3ccccc23)cnn1-c1ccccc1. The number of hydrogen-bond donors (Lipinski definition) is 1. The molecule has 0 saturated heterocycles. The molecule has 24 heavy (non-hydrogen) atoms. The molecule has 4 rings (SSSR count). The lowest BCUT2D eigenvalue weighted by atomic mass is 9.99. The molecule has 0 bridgehead atoms. The molecule has 1 aromatic heterocycles. The Labute approximate surface area is 138 Å². The fourth-order valence-corrected chi connectivity index (χ4v) is 2.87. The Morgan fingerprint density at radius 1 is 0.875 bits per heavy atom. The Bertz CT molecular complexity index is 1090. The smallest absolute Gasteiger partial charge is 0.272 e. The molecule has 116 valence electrons. The molecule has 0 spiro atoms. The minimum atomic E-state index is -0.244. The van der Waals surface area contributed by atoms with Gasteiger partial charge in [-0.15, -0.1) is 0 Å². The van der Waals surface area contributed by atoms with Gasteiger partial charge in [-0.2, -0.15) is 9.78 Å². The number of aromatic nitrogens is 2. The summed E-state index contributed by atoms with van der Waals surface area (Å²) < 4.78 is 1.34. The number of rotatable bonds is 2. The monoisotopic (exact) mass is 314 g/mol. The number of phenolic OH excluding ortho intramolecular Hbond substituents is 1. The van der Waals surface area contributed by atoms with Crippen LogP contribution in [-0.2, 0) is 0 Å². The fraction of sp³-hybridized carbons (Fsp3) is 0. The lowest BCUT2D eigenvalue weighted by molar-refractivity contribution is 0.478. The van der Waals surface area contributed by atoms with Crippen molar-refractivity contribution < 1.29 is 5.11 Å². The first kappa shape index (κ1) is 14.2. The van der Waals surface area contributed by atoms with Crippen LogP contribution in [0.3, 0.4) is 0 Å². The maximum atomic E-state index is 12.5. The molecule has 4 heteroatoms. The zero-order valence-electron chi connectivity index (χ0n) is 12.8. The molecule has 3 aromatic carbocycles. The number of fused-ring (bicyclic) bond motifs is 1. The van der Waals surface area contributed by atoms with E-state index in [1.165, 1.54) is 10.7 Å². The molecular formula is C20H14N2O2. The van der Waals surface area contributed by atoms with Crippen molar-refractivity contribution >= 4 is 10.8 Å². The molecule has 0 aliphatic heterocycles. The van der Waals surface area contributed by atoms with E-state index >= 15 is 0 Å². The average Bonchev–Trinajstić information content (AvgIpc) is 2.62. The molecule has 0 unspecified atom stereocenters. The van der Waals surface area contributed by atoms with Gasteiger partial charge in [-0.1, -0.05) is 48.5 Å². The minimum Gasteiger partial charge on any atom is -0.507 e. The van der Waals surface area contributed by atoms with Gasteiger partial charge in [0.1, 0.15) is 5.75 Å². The molecule has 1 N–H and O–H groups in total. The Morgan fingerprint density at radius 3 is 2.42 bits per heavy atom. The van der Waals surface area contributed by atoms with Crippen molar-refractivity contribution in [3.8, 4) is 22.6 Å². The van der Waals surface area contributed by atoms with Crippen LogP contribution in [0, 0.1) is 0 Å². The Balaban J connectivity index is 1.92. The summed E-state index contributed by atoms with van der Waals surface area (Å²) in [6.07, 6.45) is 1.61. The number of phenols is 1. The minimum absolute atomic E-state index is 0.132. The summed E-state index contributed by atoms with van der Waals surface area (Å²) in [5, 5.41) is 16.5. The average molecular weight is 314 g/mol. The van der Waals surface area contributed by atoms with Gasteiger partial charge in [-0.05, 0) is 29.0 Å². The van der Waals surface area contributed by atoms with Crippen molar-refractivity contribution in [1.82, 2.24) is 9.78 Å². The Morgan fingerprint density at radius 2 is 1.62 bits per heavy atom. The van der Waals surface area contributed by atoms with Crippen LogP contribution in [-0.4, -0.2) is 14.9 Å². The quantitative estimate of drug-likeness (QED) is 0.613. The first-order valence-electron chi connectivity index (χ1n) is 7.60. The number of para-hydroxylation sites is 1. The Kier molecular flexibility index (Phi) is 3.35. The van der Waals surface area contributed by atoms with E-state index in [0.29, 0.717) is 16.8 Å². The van der Waals surface area contributed by atoms with Gasteiger partial charge in [0.05, 0.1) is 11.9 Å². The molecule has 0 aliphatic rings. The second-order valence-corrected chi connectivity index (χ2v) is 5.51. The van der Waals surface area contributed by atoms with Crippen molar-refractivity contribution in [3.63, 3.8) is 0 Å². The van der Waals surface area contributed by atoms with E-state index in [1.807, 2.05) is 60.7 Å². The lowest BCUT2D eigenvalue weighted by Gasteiger charge is -2.10. The van der Waals surface area contributed by atoms with Gasteiger partial charge < -0.3 is 5.11 Å². The van der Waals surface area contributed by atoms with Crippen LogP contribution in [0.5, 0.6) is 5.75 Å². The van der Waals surface area contributed by atoms with Crippen LogP contribution in [0.2, 0.25) is 0 Å². The van der Waals surface area contributed by atoms with E-state index in [9.17, 15) is 9.90 Å². The van der Waals surface area contributed by atoms with E-state index in [2.05, 4.69) is 5.10 Å². The fourth-order valence-electron chi connectivity index (χ4n) is 2.87. The zero-order chi connectivity index (χ0) is 16.5. The third kappa shape index (κ3) is 2.34. The largest absolute Gasteiger partial charge is 0.507 e. The molecular weight excluding hydrogens is 300 g/mol. The van der Waals surface area contributed by atoms with Crippen LogP contribution >= 0.6 is 0 Å². The van der Waals surface area contributed by atoms with Crippen molar-refractivity contribution in [2.75, 3.05) is 0 Å². The van der Waals surface area contributed by atoms with Gasteiger partial charge >= 0.3 is 0 Å². The van der Waals surface area contributed by atoms with E-state index in [-0.39, 0.29) is 11.3 Å². The highest BCUT2D eigenvalue weighted by Crippen LogP contribution is 2.35. The first-order chi connectivity index (χ1) is 11.7. The molecule has 0 atom stereocenters. The third-order valence-electron chi connectivity index (χ3n) is 4.00. The summed E-state index contributed by atoms with van der Waals surface area (Å²) in [4.78, 5) is 12.5. The predicted octanol–water partition coefficient (Wildman–Crippen LogP) is 3.76. The highest BCUT2D eigenvalue weighted by molar-refractivity contribution is 5.99. The van der Waals surface area contributed by atoms with Gasteiger partial charge in [0.2, 0.25) is 0 Å². The second-order valence-electron chi connectivity index (χ2n) is 5.51. The summed E-state index contributed by atoms with van der Waals surface area (Å²) in [6, 6.07) is 22.0. The summed E-state index contributed by atoms with van der Waals surface area (Å²) in [7, 11) is 0. The number of nitrogens with zero attached hydrogens (tertiary/aromatic N) is 2. The number of hydrogen-bond acceptors (Lipinski definition) is 3. The lowest BCUT2D eigenvalue weighted by Crippen LogP contribution is -2.19. The van der Waals surface area contributed by atoms with Crippen molar-refractivity contribution in [1.29, 1.82) is 0 Å². The Hall–Kier alpha value is -3.40. The third-order valence-corrected chi connectivity index (χ3v) is 4.00. The number of aromatic hydroxyl groups is 1. The normalized spacial score (nSPS) is 10.8. The number of benzene rings is 3. The maximum absolute atomic E-state index is 12.5. The summed E-state index contributed by atoms with van der Waals surface area (Å²) >= 11 is 0. The van der Waals surface area contributed by atoms with Crippen LogP contribution in [0.15, 0.2) is 83.8 Å². The van der Waals surface area contributed by atoms with Gasteiger partial charge in [0.15, 0.2) is 0 Å². The van der Waals surface area contributed by atoms with Gasteiger partial charge in [0, 0.05) is 17.2 Å². The predicted molar refractivity (Wildman–Crippen MR) is 94.4 cm³/mol. The maximum Gasteiger partial charge on any atom is 0.272 e. The summed E-state index contributed by atoms with van der Waals surface area (Å²) in [6.45, 7) is 0. The molecule has 0 saturated carbocycles. The van der Waals surface area contributed by atoms with Crippen molar-refractivity contribution in [2.45, 2.75) is 0 Å². The van der Waals surface area contributed by atoms with Crippen molar-refractivity contribution in [2.24, 2.45) is 0 Å². The molecule has 0 radical (unpaired) electrons. The van der Waals surface area contributed by atoms with Crippen LogP contribution in [0.1, 0.15) is 0 Å². The standard InChI is InChI=1S/C20H14N2O2/c23-18-11-10-14-6-4-5-9-17(14)20(18)15-12-19(24)22(21-13-15)16-7-2-1-3-8-16/h1-13,23H.